The van der Waals surface area contributed by atoms with E-state index in [0.717, 1.165) is 11.5 Å². The summed E-state index contributed by atoms with van der Waals surface area (Å²) in [6.07, 6.45) is -3.05. The van der Waals surface area contributed by atoms with Crippen LogP contribution in [0.15, 0.2) is 72.0 Å². The van der Waals surface area contributed by atoms with E-state index in [0.29, 0.717) is 52.3 Å². The summed E-state index contributed by atoms with van der Waals surface area (Å²) in [6.45, 7) is 2.38. The Balaban J connectivity index is 1.44. The average molecular weight is 611 g/mol. The molecular formula is C31H26ClF3N4O4. The number of nitrogens with zero attached hydrogens (tertiary/aromatic N) is 4. The summed E-state index contributed by atoms with van der Waals surface area (Å²) in [5, 5.41) is 16.0. The summed E-state index contributed by atoms with van der Waals surface area (Å²) < 4.78 is 44.2. The number of hydrogen-bond donors (Lipinski definition) is 1. The molecule has 0 spiro atoms. The lowest BCUT2D eigenvalue weighted by Gasteiger charge is -2.23. The Morgan fingerprint density at radius 3 is 2.40 bits per heavy atom. The van der Waals surface area contributed by atoms with Gasteiger partial charge in [-0.05, 0) is 48.7 Å². The third kappa shape index (κ3) is 6.77. The number of pyridine rings is 2. The van der Waals surface area contributed by atoms with Crippen molar-refractivity contribution in [3.8, 4) is 16.9 Å². The summed E-state index contributed by atoms with van der Waals surface area (Å²) in [7, 11) is 0. The normalized spacial score (nSPS) is 15.0. The molecule has 222 valence electrons. The van der Waals surface area contributed by atoms with Crippen LogP contribution in [0.1, 0.15) is 55.5 Å². The minimum Gasteiger partial charge on any atom is -0.494 e. The van der Waals surface area contributed by atoms with Gasteiger partial charge >= 0.3 is 12.1 Å². The lowest BCUT2D eigenvalue weighted by molar-refractivity contribution is -0.141. The second-order valence-electron chi connectivity index (χ2n) is 9.92. The van der Waals surface area contributed by atoms with Gasteiger partial charge in [-0.3, -0.25) is 14.6 Å². The molecule has 1 aliphatic rings. The van der Waals surface area contributed by atoms with Gasteiger partial charge in [-0.15, -0.1) is 0 Å². The van der Waals surface area contributed by atoms with Crippen LogP contribution in [0.3, 0.4) is 0 Å². The van der Waals surface area contributed by atoms with Crippen LogP contribution in [0.2, 0.25) is 5.15 Å². The van der Waals surface area contributed by atoms with Crippen LogP contribution in [0.5, 0.6) is 5.75 Å². The van der Waals surface area contributed by atoms with Crippen LogP contribution in [-0.4, -0.2) is 44.3 Å². The highest BCUT2D eigenvalue weighted by Gasteiger charge is 2.35. The van der Waals surface area contributed by atoms with E-state index in [-0.39, 0.29) is 30.3 Å². The predicted molar refractivity (Wildman–Crippen MR) is 155 cm³/mol. The fourth-order valence-corrected chi connectivity index (χ4v) is 5.15. The van der Waals surface area contributed by atoms with E-state index < -0.39 is 23.9 Å². The van der Waals surface area contributed by atoms with Gasteiger partial charge < -0.3 is 9.84 Å². The summed E-state index contributed by atoms with van der Waals surface area (Å²) in [4.78, 5) is 32.4. The van der Waals surface area contributed by atoms with E-state index >= 15 is 0 Å². The van der Waals surface area contributed by atoms with Crippen molar-refractivity contribution in [3.63, 3.8) is 0 Å². The zero-order valence-corrected chi connectivity index (χ0v) is 23.7. The number of aromatic nitrogens is 2. The van der Waals surface area contributed by atoms with Crippen LogP contribution in [-0.2, 0) is 15.8 Å². The number of fused-ring (bicyclic) bond motifs is 1. The van der Waals surface area contributed by atoms with Crippen molar-refractivity contribution in [2.75, 3.05) is 6.61 Å². The highest BCUT2D eigenvalue weighted by Crippen LogP contribution is 2.38. The van der Waals surface area contributed by atoms with Gasteiger partial charge in [0.2, 0.25) is 5.91 Å². The lowest BCUT2D eigenvalue weighted by atomic mass is 9.97. The largest absolute Gasteiger partial charge is 0.494 e. The number of amides is 1. The number of hydrazone groups is 1. The molecule has 0 radical (unpaired) electrons. The second-order valence-corrected chi connectivity index (χ2v) is 10.3. The van der Waals surface area contributed by atoms with Gasteiger partial charge in [0, 0.05) is 48.0 Å². The Morgan fingerprint density at radius 1 is 1.02 bits per heavy atom. The molecule has 5 rings (SSSR count). The van der Waals surface area contributed by atoms with Crippen molar-refractivity contribution < 1.29 is 32.6 Å². The standard InChI is InChI=1S/C31H26ClF3N4O4/c1-2-43-22-12-10-20-14-23(30(32)37-24(20)15-22)26-16-25(38-39(26)28(40)4-3-5-29(41)42)19-8-6-18(7-9-19)21-11-13-27(36-17-21)31(33,34)35/h6-15,17,26H,2-5,16H2,1H3,(H,41,42). The first kappa shape index (κ1) is 30.0. The topological polar surface area (TPSA) is 105 Å². The predicted octanol–water partition coefficient (Wildman–Crippen LogP) is 7.30. The molecule has 0 aliphatic carbocycles. The van der Waals surface area contributed by atoms with Gasteiger partial charge in [0.15, 0.2) is 0 Å². The number of rotatable bonds is 9. The van der Waals surface area contributed by atoms with Gasteiger partial charge in [-0.1, -0.05) is 41.9 Å². The summed E-state index contributed by atoms with van der Waals surface area (Å²) in [6, 6.07) is 16.1. The van der Waals surface area contributed by atoms with Crippen LogP contribution in [0, 0.1) is 0 Å². The van der Waals surface area contributed by atoms with Crippen LogP contribution < -0.4 is 4.74 Å². The summed E-state index contributed by atoms with van der Waals surface area (Å²) in [5.41, 5.74) is 2.74. The van der Waals surface area contributed by atoms with Crippen LogP contribution in [0.4, 0.5) is 13.2 Å². The Bertz CT molecular complexity index is 1690. The molecule has 0 saturated heterocycles. The maximum Gasteiger partial charge on any atom is 0.433 e. The molecule has 1 unspecified atom stereocenters. The van der Waals surface area contributed by atoms with E-state index in [2.05, 4.69) is 15.1 Å². The first-order chi connectivity index (χ1) is 20.5. The number of ether oxygens (including phenoxy) is 1. The third-order valence-electron chi connectivity index (χ3n) is 6.99. The van der Waals surface area contributed by atoms with Gasteiger partial charge in [0.05, 0.1) is 23.9 Å². The second kappa shape index (κ2) is 12.4. The van der Waals surface area contributed by atoms with Crippen molar-refractivity contribution in [3.05, 3.63) is 88.8 Å². The molecule has 0 bridgehead atoms. The van der Waals surface area contributed by atoms with E-state index in [4.69, 9.17) is 21.4 Å². The van der Waals surface area contributed by atoms with Crippen molar-refractivity contribution in [2.45, 2.75) is 44.8 Å². The zero-order valence-electron chi connectivity index (χ0n) is 22.9. The molecule has 1 N–H and O–H groups in total. The number of carboxylic acid groups (broad SMARTS) is 1. The maximum atomic E-state index is 13.3. The van der Waals surface area contributed by atoms with Gasteiger partial charge in [0.1, 0.15) is 16.6 Å². The minimum atomic E-state index is -4.52. The molecule has 0 saturated carbocycles. The first-order valence-electron chi connectivity index (χ1n) is 13.5. The van der Waals surface area contributed by atoms with E-state index in [1.54, 1.807) is 30.3 Å². The number of hydrogen-bond acceptors (Lipinski definition) is 6. The van der Waals surface area contributed by atoms with Gasteiger partial charge in [-0.25, -0.2) is 9.99 Å². The zero-order chi connectivity index (χ0) is 30.7. The quantitative estimate of drug-likeness (QED) is 0.199. The highest BCUT2D eigenvalue weighted by atomic mass is 35.5. The smallest absolute Gasteiger partial charge is 0.433 e. The summed E-state index contributed by atoms with van der Waals surface area (Å²) in [5.74, 6) is -0.688. The molecule has 1 atom stereocenters. The Labute approximate surface area is 249 Å². The Morgan fingerprint density at radius 2 is 1.74 bits per heavy atom. The molecule has 4 aromatic rings. The van der Waals surface area contributed by atoms with Crippen LogP contribution in [0.25, 0.3) is 22.0 Å². The average Bonchev–Trinajstić information content (AvgIpc) is 3.42. The number of carbonyl (C=O) groups is 2. The molecule has 2 aromatic carbocycles. The third-order valence-corrected chi connectivity index (χ3v) is 7.30. The number of alkyl halides is 3. The maximum absolute atomic E-state index is 13.3. The molecule has 12 heteroatoms. The number of benzene rings is 2. The van der Waals surface area contributed by atoms with E-state index in [1.807, 2.05) is 25.1 Å². The van der Waals surface area contributed by atoms with E-state index in [1.165, 1.54) is 17.3 Å². The Hall–Kier alpha value is -4.51. The molecule has 1 aliphatic heterocycles. The number of halogens is 4. The Kier molecular flexibility index (Phi) is 8.63. The number of carbonyl (C=O) groups excluding carboxylic acids is 1. The molecular weight excluding hydrogens is 585 g/mol. The van der Waals surface area contributed by atoms with Crippen molar-refractivity contribution in [2.24, 2.45) is 5.10 Å². The van der Waals surface area contributed by atoms with Crippen molar-refractivity contribution in [1.29, 1.82) is 0 Å². The molecule has 0 fully saturated rings. The molecule has 2 aromatic heterocycles. The fraction of sp³-hybridized carbons (Fsp3) is 0.258. The minimum absolute atomic E-state index is 0.0181. The molecule has 3 heterocycles. The fourth-order valence-electron chi connectivity index (χ4n) is 4.88. The van der Waals surface area contributed by atoms with E-state index in [9.17, 15) is 22.8 Å². The SMILES string of the molecule is CCOc1ccc2cc(C3CC(c4ccc(-c5ccc(C(F)(F)F)nc5)cc4)=NN3C(=O)CCCC(=O)O)c(Cl)nc2c1. The molecule has 8 nitrogen and oxygen atoms in total. The van der Waals surface area contributed by atoms with Gasteiger partial charge in [-0.2, -0.15) is 18.3 Å². The highest BCUT2D eigenvalue weighted by molar-refractivity contribution is 6.30. The first-order valence-corrected chi connectivity index (χ1v) is 13.9. The van der Waals surface area contributed by atoms with Crippen molar-refractivity contribution >= 4 is 40.1 Å². The van der Waals surface area contributed by atoms with Crippen LogP contribution >= 0.6 is 11.6 Å². The number of aliphatic carboxylic acids is 1. The monoisotopic (exact) mass is 610 g/mol. The molecule has 1 amide bonds. The number of carboxylic acids is 1. The summed E-state index contributed by atoms with van der Waals surface area (Å²) >= 11 is 6.66. The van der Waals surface area contributed by atoms with Crippen molar-refractivity contribution in [1.82, 2.24) is 15.0 Å². The molecule has 43 heavy (non-hydrogen) atoms. The lowest BCUT2D eigenvalue weighted by Crippen LogP contribution is -2.27. The van der Waals surface area contributed by atoms with Gasteiger partial charge in [0.25, 0.3) is 0 Å².